The Balaban J connectivity index is 2.41. The first-order valence-corrected chi connectivity index (χ1v) is 5.96. The average Bonchev–Trinajstić information content (AvgIpc) is 2.93. The number of hydrogen-bond donors (Lipinski definition) is 1. The van der Waals surface area contributed by atoms with Gasteiger partial charge < -0.3 is 10.1 Å². The van der Waals surface area contributed by atoms with Crippen molar-refractivity contribution in [3.8, 4) is 18.2 Å². The van der Waals surface area contributed by atoms with Crippen LogP contribution in [0.5, 0.6) is 0 Å². The molecule has 1 aromatic carbocycles. The zero-order valence-electron chi connectivity index (χ0n) is 10.8. The van der Waals surface area contributed by atoms with Crippen LogP contribution in [0.15, 0.2) is 35.5 Å². The maximum atomic E-state index is 11.6. The Hall–Kier alpha value is -3.50. The molecular formula is C14H9N5O2. The molecule has 0 bridgehead atoms. The highest BCUT2D eigenvalue weighted by Gasteiger charge is 2.25. The summed E-state index contributed by atoms with van der Waals surface area (Å²) in [6.07, 6.45) is -0.479. The van der Waals surface area contributed by atoms with Gasteiger partial charge in [0.25, 0.3) is 0 Å². The summed E-state index contributed by atoms with van der Waals surface area (Å²) in [4.78, 5) is 13.0. The molecule has 0 aromatic heterocycles. The summed E-state index contributed by atoms with van der Waals surface area (Å²) in [5.74, 6) is 0. The lowest BCUT2D eigenvalue weighted by Crippen LogP contribution is -2.24. The first kappa shape index (κ1) is 13.9. The Bertz CT molecular complexity index is 717. The summed E-state index contributed by atoms with van der Waals surface area (Å²) in [5, 5.41) is 29.4. The molecule has 1 aromatic rings. The Morgan fingerprint density at radius 2 is 1.90 bits per heavy atom. The summed E-state index contributed by atoms with van der Waals surface area (Å²) in [6.45, 7) is 0.683. The van der Waals surface area contributed by atoms with E-state index in [0.717, 1.165) is 0 Å². The van der Waals surface area contributed by atoms with E-state index < -0.39 is 6.09 Å². The van der Waals surface area contributed by atoms with Gasteiger partial charge in [0.15, 0.2) is 5.57 Å². The normalized spacial score (nSPS) is 12.6. The topological polar surface area (TPSA) is 113 Å². The van der Waals surface area contributed by atoms with E-state index in [-0.39, 0.29) is 17.9 Å². The lowest BCUT2D eigenvalue weighted by Gasteiger charge is -2.17. The van der Waals surface area contributed by atoms with Gasteiger partial charge in [-0.2, -0.15) is 15.8 Å². The summed E-state index contributed by atoms with van der Waals surface area (Å²) < 4.78 is 4.87. The van der Waals surface area contributed by atoms with Gasteiger partial charge in [0, 0.05) is 0 Å². The van der Waals surface area contributed by atoms with Crippen LogP contribution in [0.25, 0.3) is 0 Å². The van der Waals surface area contributed by atoms with Crippen LogP contribution < -0.4 is 10.2 Å². The predicted molar refractivity (Wildman–Crippen MR) is 72.6 cm³/mol. The average molecular weight is 279 g/mol. The monoisotopic (exact) mass is 279 g/mol. The number of benzene rings is 1. The fourth-order valence-corrected chi connectivity index (χ4v) is 1.84. The van der Waals surface area contributed by atoms with Crippen LogP contribution in [0.4, 0.5) is 16.2 Å². The second-order valence-electron chi connectivity index (χ2n) is 3.99. The molecule has 2 rings (SSSR count). The Labute approximate surface area is 120 Å². The number of allylic oxidation sites excluding steroid dienone is 2. The fourth-order valence-electron chi connectivity index (χ4n) is 1.84. The van der Waals surface area contributed by atoms with Crippen molar-refractivity contribution >= 4 is 17.5 Å². The Morgan fingerprint density at radius 3 is 2.48 bits per heavy atom. The van der Waals surface area contributed by atoms with E-state index in [4.69, 9.17) is 20.5 Å². The zero-order chi connectivity index (χ0) is 15.2. The third-order valence-electron chi connectivity index (χ3n) is 2.80. The third-order valence-corrected chi connectivity index (χ3v) is 2.80. The molecule has 0 saturated carbocycles. The summed E-state index contributed by atoms with van der Waals surface area (Å²) in [7, 11) is 0. The first-order chi connectivity index (χ1) is 10.2. The number of cyclic esters (lactones) is 1. The molecule has 1 amide bonds. The minimum absolute atomic E-state index is 0.167. The van der Waals surface area contributed by atoms with Gasteiger partial charge >= 0.3 is 6.09 Å². The first-order valence-electron chi connectivity index (χ1n) is 5.96. The Morgan fingerprint density at radius 1 is 1.19 bits per heavy atom. The van der Waals surface area contributed by atoms with E-state index >= 15 is 0 Å². The molecule has 1 fully saturated rings. The number of nitriles is 3. The smallest absolute Gasteiger partial charge is 0.414 e. The molecule has 7 heteroatoms. The van der Waals surface area contributed by atoms with Crippen molar-refractivity contribution < 1.29 is 9.53 Å². The highest BCUT2D eigenvalue weighted by atomic mass is 16.6. The van der Waals surface area contributed by atoms with Crippen LogP contribution in [-0.4, -0.2) is 19.2 Å². The van der Waals surface area contributed by atoms with Crippen molar-refractivity contribution in [2.45, 2.75) is 0 Å². The number of ether oxygens (including phenoxy) is 1. The predicted octanol–water partition coefficient (Wildman–Crippen LogP) is 1.88. The van der Waals surface area contributed by atoms with Crippen LogP contribution in [0.2, 0.25) is 0 Å². The number of hydrogen-bond acceptors (Lipinski definition) is 6. The van der Waals surface area contributed by atoms with Crippen molar-refractivity contribution in [1.82, 2.24) is 0 Å². The van der Waals surface area contributed by atoms with E-state index in [9.17, 15) is 4.79 Å². The number of rotatable bonds is 3. The summed E-state index contributed by atoms with van der Waals surface area (Å²) >= 11 is 0. The SMILES string of the molecule is N#CC(C#N)=C(C#N)Nc1ccccc1N1CCOC1=O. The molecule has 7 nitrogen and oxygen atoms in total. The second-order valence-corrected chi connectivity index (χ2v) is 3.99. The molecule has 21 heavy (non-hydrogen) atoms. The summed E-state index contributed by atoms with van der Waals surface area (Å²) in [5.41, 5.74) is 0.468. The van der Waals surface area contributed by atoms with Gasteiger partial charge in [-0.25, -0.2) is 4.79 Å². The van der Waals surface area contributed by atoms with E-state index in [1.54, 1.807) is 42.5 Å². The van der Waals surface area contributed by atoms with Crippen LogP contribution in [0.3, 0.4) is 0 Å². The number of carbonyl (C=O) groups is 1. The second kappa shape index (κ2) is 6.10. The van der Waals surface area contributed by atoms with Gasteiger partial charge in [-0.3, -0.25) is 4.90 Å². The minimum atomic E-state index is -0.479. The maximum Gasteiger partial charge on any atom is 0.414 e. The molecule has 0 aliphatic carbocycles. The third kappa shape index (κ3) is 2.75. The molecule has 0 radical (unpaired) electrons. The highest BCUT2D eigenvalue weighted by molar-refractivity contribution is 5.94. The van der Waals surface area contributed by atoms with E-state index in [2.05, 4.69) is 5.32 Å². The Kier molecular flexibility index (Phi) is 4.04. The molecule has 0 unspecified atom stereocenters. The van der Waals surface area contributed by atoms with E-state index in [1.807, 2.05) is 0 Å². The molecule has 1 aliphatic rings. The van der Waals surface area contributed by atoms with Crippen LogP contribution in [0, 0.1) is 34.0 Å². The van der Waals surface area contributed by atoms with Crippen LogP contribution in [0.1, 0.15) is 0 Å². The van der Waals surface area contributed by atoms with Crippen LogP contribution in [-0.2, 0) is 4.74 Å². The van der Waals surface area contributed by atoms with Crippen molar-refractivity contribution in [1.29, 1.82) is 15.8 Å². The molecule has 1 N–H and O–H groups in total. The van der Waals surface area contributed by atoms with Gasteiger partial charge in [0.2, 0.25) is 0 Å². The van der Waals surface area contributed by atoms with Gasteiger partial charge in [0.1, 0.15) is 30.5 Å². The van der Waals surface area contributed by atoms with E-state index in [0.29, 0.717) is 17.9 Å². The zero-order valence-corrected chi connectivity index (χ0v) is 10.8. The number of carbonyl (C=O) groups excluding carboxylic acids is 1. The molecule has 0 atom stereocenters. The number of amides is 1. The minimum Gasteiger partial charge on any atom is -0.447 e. The van der Waals surface area contributed by atoms with Crippen molar-refractivity contribution in [2.24, 2.45) is 0 Å². The molecule has 0 spiro atoms. The standard InChI is InChI=1S/C14H9N5O2/c15-7-10(8-16)12(9-17)18-11-3-1-2-4-13(11)19-5-6-21-14(19)20/h1-4,18H,5-6H2. The van der Waals surface area contributed by atoms with Gasteiger partial charge in [-0.15, -0.1) is 0 Å². The molecule has 102 valence electrons. The molecule has 1 heterocycles. The number of nitrogens with zero attached hydrogens (tertiary/aromatic N) is 4. The van der Waals surface area contributed by atoms with Crippen molar-refractivity contribution in [2.75, 3.05) is 23.4 Å². The van der Waals surface area contributed by atoms with Crippen LogP contribution >= 0.6 is 0 Å². The van der Waals surface area contributed by atoms with Gasteiger partial charge in [0.05, 0.1) is 17.9 Å². The molecule has 1 aliphatic heterocycles. The van der Waals surface area contributed by atoms with Gasteiger partial charge in [-0.05, 0) is 12.1 Å². The molecular weight excluding hydrogens is 270 g/mol. The number of para-hydroxylation sites is 2. The lowest BCUT2D eigenvalue weighted by atomic mass is 10.2. The van der Waals surface area contributed by atoms with Crippen molar-refractivity contribution in [3.05, 3.63) is 35.5 Å². The number of nitrogens with one attached hydrogen (secondary N) is 1. The summed E-state index contributed by atoms with van der Waals surface area (Å²) in [6, 6.07) is 11.8. The van der Waals surface area contributed by atoms with Crippen molar-refractivity contribution in [3.63, 3.8) is 0 Å². The quantitative estimate of drug-likeness (QED) is 0.845. The molecule has 1 saturated heterocycles. The highest BCUT2D eigenvalue weighted by Crippen LogP contribution is 2.29. The van der Waals surface area contributed by atoms with Gasteiger partial charge in [-0.1, -0.05) is 12.1 Å². The lowest BCUT2D eigenvalue weighted by molar-refractivity contribution is 0.181. The maximum absolute atomic E-state index is 11.6. The van der Waals surface area contributed by atoms with E-state index in [1.165, 1.54) is 4.90 Å². The number of anilines is 2. The fraction of sp³-hybridized carbons (Fsp3) is 0.143. The largest absolute Gasteiger partial charge is 0.447 e.